The fraction of sp³-hybridized carbons (Fsp3) is 0.0909. The van der Waals surface area contributed by atoms with Crippen LogP contribution in [0.25, 0.3) is 0 Å². The molecule has 1 aromatic heterocycles. The third kappa shape index (κ3) is 2.72. The normalized spacial score (nSPS) is 12.8. The summed E-state index contributed by atoms with van der Waals surface area (Å²) < 4.78 is 32.7. The Morgan fingerprint density at radius 2 is 1.82 bits per heavy atom. The van der Waals surface area contributed by atoms with Gasteiger partial charge in [0.15, 0.2) is 4.67 Å². The van der Waals surface area contributed by atoms with Crippen molar-refractivity contribution in [1.82, 2.24) is 0 Å². The molecule has 0 saturated heterocycles. The number of hydrogen-bond acceptors (Lipinski definition) is 1. The van der Waals surface area contributed by atoms with E-state index in [0.717, 1.165) is 12.1 Å². The van der Waals surface area contributed by atoms with Crippen LogP contribution in [-0.2, 0) is 0 Å². The van der Waals surface area contributed by atoms with Gasteiger partial charge in [0.2, 0.25) is 0 Å². The first-order valence-corrected chi connectivity index (χ1v) is 6.55. The van der Waals surface area contributed by atoms with Gasteiger partial charge in [-0.1, -0.05) is 0 Å². The molecule has 0 saturated carbocycles. The summed E-state index contributed by atoms with van der Waals surface area (Å²) >= 11 is 12.1. The molecule has 0 fully saturated rings. The van der Waals surface area contributed by atoms with E-state index in [1.165, 1.54) is 0 Å². The van der Waals surface area contributed by atoms with Crippen LogP contribution in [0.3, 0.4) is 0 Å². The average Bonchev–Trinajstić information content (AvgIpc) is 2.69. The summed E-state index contributed by atoms with van der Waals surface area (Å²) in [6.07, 6.45) is 0. The monoisotopic (exact) mass is 384 g/mol. The molecule has 0 spiro atoms. The zero-order valence-electron chi connectivity index (χ0n) is 8.18. The predicted octanol–water partition coefficient (Wildman–Crippen LogP) is 5.41. The summed E-state index contributed by atoms with van der Waals surface area (Å²) in [6, 6.07) is 5.32. The SMILES string of the molecule is Fc1cc(C(Cl)c2ccc(Br)o2)c(F)cc1Br. The molecule has 1 heterocycles. The quantitative estimate of drug-likeness (QED) is 0.497. The van der Waals surface area contributed by atoms with Gasteiger partial charge < -0.3 is 4.42 Å². The first-order chi connectivity index (χ1) is 7.99. The first-order valence-electron chi connectivity index (χ1n) is 4.53. The molecule has 1 aromatic carbocycles. The molecule has 0 amide bonds. The lowest BCUT2D eigenvalue weighted by Crippen LogP contribution is -1.97. The van der Waals surface area contributed by atoms with E-state index in [2.05, 4.69) is 31.9 Å². The van der Waals surface area contributed by atoms with E-state index in [1.54, 1.807) is 12.1 Å². The second-order valence-corrected chi connectivity index (χ2v) is 5.36. The molecule has 0 radical (unpaired) electrons. The third-order valence-electron chi connectivity index (χ3n) is 2.16. The van der Waals surface area contributed by atoms with Crippen LogP contribution in [-0.4, -0.2) is 0 Å². The Balaban J connectivity index is 2.43. The van der Waals surface area contributed by atoms with Gasteiger partial charge in [0.1, 0.15) is 22.8 Å². The average molecular weight is 386 g/mol. The summed E-state index contributed by atoms with van der Waals surface area (Å²) in [5.74, 6) is -0.817. The standard InChI is InChI=1S/C11H5Br2ClF2O/c12-6-4-7(15)5(3-8(6)16)11(14)9-1-2-10(13)17-9/h1-4,11H. The van der Waals surface area contributed by atoms with Gasteiger partial charge in [-0.15, -0.1) is 11.6 Å². The fourth-order valence-electron chi connectivity index (χ4n) is 1.35. The van der Waals surface area contributed by atoms with Gasteiger partial charge >= 0.3 is 0 Å². The summed E-state index contributed by atoms with van der Waals surface area (Å²) in [7, 11) is 0. The van der Waals surface area contributed by atoms with E-state index in [-0.39, 0.29) is 10.0 Å². The summed E-state index contributed by atoms with van der Waals surface area (Å²) in [4.78, 5) is 0. The Morgan fingerprint density at radius 3 is 2.41 bits per heavy atom. The van der Waals surface area contributed by atoms with E-state index in [4.69, 9.17) is 16.0 Å². The molecule has 0 aliphatic carbocycles. The molecule has 6 heteroatoms. The molecular formula is C11H5Br2ClF2O. The Kier molecular flexibility index (Phi) is 3.90. The minimum Gasteiger partial charge on any atom is -0.452 e. The van der Waals surface area contributed by atoms with Crippen molar-refractivity contribution in [1.29, 1.82) is 0 Å². The van der Waals surface area contributed by atoms with Gasteiger partial charge in [-0.2, -0.15) is 0 Å². The Labute approximate surface area is 118 Å². The number of furan rings is 1. The van der Waals surface area contributed by atoms with E-state index in [0.29, 0.717) is 10.4 Å². The second-order valence-electron chi connectivity index (χ2n) is 3.29. The zero-order valence-corrected chi connectivity index (χ0v) is 12.1. The summed E-state index contributed by atoms with van der Waals surface area (Å²) in [5.41, 5.74) is 0.0363. The highest BCUT2D eigenvalue weighted by molar-refractivity contribution is 9.10. The lowest BCUT2D eigenvalue weighted by molar-refractivity contribution is 0.487. The van der Waals surface area contributed by atoms with Crippen LogP contribution in [0.15, 0.2) is 37.8 Å². The lowest BCUT2D eigenvalue weighted by atomic mass is 10.1. The highest BCUT2D eigenvalue weighted by Gasteiger charge is 2.20. The van der Waals surface area contributed by atoms with E-state index >= 15 is 0 Å². The van der Waals surface area contributed by atoms with Crippen molar-refractivity contribution in [3.05, 3.63) is 56.4 Å². The van der Waals surface area contributed by atoms with Crippen molar-refractivity contribution in [3.8, 4) is 0 Å². The summed E-state index contributed by atoms with van der Waals surface area (Å²) in [5, 5.41) is -0.871. The number of rotatable bonds is 2. The van der Waals surface area contributed by atoms with Gasteiger partial charge in [0.05, 0.1) is 4.47 Å². The fourth-order valence-corrected chi connectivity index (χ4v) is 2.27. The van der Waals surface area contributed by atoms with Crippen molar-refractivity contribution in [2.24, 2.45) is 0 Å². The van der Waals surface area contributed by atoms with Crippen LogP contribution in [0.4, 0.5) is 8.78 Å². The topological polar surface area (TPSA) is 13.1 Å². The molecule has 2 aromatic rings. The maximum atomic E-state index is 13.6. The Hall–Kier alpha value is -0.390. The Morgan fingerprint density at radius 1 is 1.12 bits per heavy atom. The van der Waals surface area contributed by atoms with Gasteiger partial charge in [0, 0.05) is 5.56 Å². The van der Waals surface area contributed by atoms with Gasteiger partial charge in [0.25, 0.3) is 0 Å². The van der Waals surface area contributed by atoms with Crippen LogP contribution in [0.1, 0.15) is 16.7 Å². The molecule has 1 nitrogen and oxygen atoms in total. The van der Waals surface area contributed by atoms with E-state index in [9.17, 15) is 8.78 Å². The van der Waals surface area contributed by atoms with E-state index in [1.807, 2.05) is 0 Å². The lowest BCUT2D eigenvalue weighted by Gasteiger charge is -2.09. The highest BCUT2D eigenvalue weighted by Crippen LogP contribution is 2.34. The maximum Gasteiger partial charge on any atom is 0.169 e. The molecule has 17 heavy (non-hydrogen) atoms. The summed E-state index contributed by atoms with van der Waals surface area (Å²) in [6.45, 7) is 0. The van der Waals surface area contributed by atoms with Gasteiger partial charge in [-0.05, 0) is 56.1 Å². The minimum absolute atomic E-state index is 0.0363. The van der Waals surface area contributed by atoms with Crippen LogP contribution < -0.4 is 0 Å². The first kappa shape index (κ1) is 13.1. The second kappa shape index (κ2) is 5.08. The Bertz CT molecular complexity index is 556. The third-order valence-corrected chi connectivity index (χ3v) is 3.64. The molecule has 0 aliphatic rings. The highest BCUT2D eigenvalue weighted by atomic mass is 79.9. The van der Waals surface area contributed by atoms with Crippen molar-refractivity contribution < 1.29 is 13.2 Å². The van der Waals surface area contributed by atoms with E-state index < -0.39 is 17.0 Å². The molecule has 1 atom stereocenters. The molecule has 0 bridgehead atoms. The van der Waals surface area contributed by atoms with Crippen LogP contribution in [0.5, 0.6) is 0 Å². The predicted molar refractivity (Wildman–Crippen MR) is 68.2 cm³/mol. The molecule has 0 aliphatic heterocycles. The number of halogens is 5. The minimum atomic E-state index is -0.871. The smallest absolute Gasteiger partial charge is 0.169 e. The van der Waals surface area contributed by atoms with Crippen LogP contribution in [0, 0.1) is 11.6 Å². The molecular weight excluding hydrogens is 381 g/mol. The molecule has 90 valence electrons. The van der Waals surface area contributed by atoms with Crippen molar-refractivity contribution in [2.45, 2.75) is 5.38 Å². The maximum absolute atomic E-state index is 13.6. The van der Waals surface area contributed by atoms with Crippen molar-refractivity contribution >= 4 is 43.5 Å². The van der Waals surface area contributed by atoms with Crippen LogP contribution >= 0.6 is 43.5 Å². The van der Waals surface area contributed by atoms with Crippen molar-refractivity contribution in [2.75, 3.05) is 0 Å². The van der Waals surface area contributed by atoms with Crippen molar-refractivity contribution in [3.63, 3.8) is 0 Å². The number of alkyl halides is 1. The number of benzene rings is 1. The van der Waals surface area contributed by atoms with Gasteiger partial charge in [-0.25, -0.2) is 8.78 Å². The molecule has 2 rings (SSSR count). The largest absolute Gasteiger partial charge is 0.452 e. The zero-order chi connectivity index (χ0) is 12.6. The number of hydrogen-bond donors (Lipinski definition) is 0. The molecule has 1 unspecified atom stereocenters. The molecule has 0 N–H and O–H groups in total. The van der Waals surface area contributed by atoms with Crippen LogP contribution in [0.2, 0.25) is 0 Å². The van der Waals surface area contributed by atoms with Gasteiger partial charge in [-0.3, -0.25) is 0 Å².